The van der Waals surface area contributed by atoms with Gasteiger partial charge in [0.05, 0.1) is 6.54 Å². The predicted molar refractivity (Wildman–Crippen MR) is 76.5 cm³/mol. The molecule has 1 rings (SSSR count). The molecule has 1 aromatic rings. The second-order valence-electron chi connectivity index (χ2n) is 4.13. The van der Waals surface area contributed by atoms with E-state index in [9.17, 15) is 9.59 Å². The zero-order valence-electron chi connectivity index (χ0n) is 11.6. The van der Waals surface area contributed by atoms with Crippen LogP contribution in [-0.2, 0) is 4.79 Å². The maximum atomic E-state index is 11.8. The summed E-state index contributed by atoms with van der Waals surface area (Å²) >= 11 is 1.13. The zero-order valence-corrected chi connectivity index (χ0v) is 12.4. The summed E-state index contributed by atoms with van der Waals surface area (Å²) in [7, 11) is 4.91. The Balaban J connectivity index is 3.05. The second kappa shape index (κ2) is 6.37. The predicted octanol–water partition coefficient (Wildman–Crippen LogP) is -0.000600. The third-order valence-electron chi connectivity index (χ3n) is 2.65. The van der Waals surface area contributed by atoms with Gasteiger partial charge in [0.15, 0.2) is 5.82 Å². The first-order valence-electron chi connectivity index (χ1n) is 5.84. The molecule has 106 valence electrons. The number of likely N-dealkylation sites (N-methyl/N-ethyl adjacent to an activating group) is 2. The summed E-state index contributed by atoms with van der Waals surface area (Å²) in [6.07, 6.45) is 0. The van der Waals surface area contributed by atoms with Crippen molar-refractivity contribution in [3.8, 4) is 0 Å². The van der Waals surface area contributed by atoms with E-state index in [2.05, 4.69) is 9.69 Å². The molecule has 0 aliphatic carbocycles. The number of rotatable bonds is 5. The van der Waals surface area contributed by atoms with E-state index in [4.69, 9.17) is 5.73 Å². The largest absolute Gasteiger partial charge is 0.382 e. The third-order valence-corrected chi connectivity index (χ3v) is 3.57. The van der Waals surface area contributed by atoms with Crippen LogP contribution in [0.3, 0.4) is 0 Å². The summed E-state index contributed by atoms with van der Waals surface area (Å²) in [5.41, 5.74) is 6.05. The highest BCUT2D eigenvalue weighted by Crippen LogP contribution is 2.30. The molecule has 1 aromatic heterocycles. The summed E-state index contributed by atoms with van der Waals surface area (Å²) in [6, 6.07) is 0. The van der Waals surface area contributed by atoms with Crippen molar-refractivity contribution in [2.45, 2.75) is 6.92 Å². The molecule has 0 radical (unpaired) electrons. The number of nitrogen functional groups attached to an aromatic ring is 1. The topological polar surface area (TPSA) is 91.6 Å². The average Bonchev–Trinajstić information content (AvgIpc) is 2.76. The lowest BCUT2D eigenvalue weighted by Crippen LogP contribution is -2.37. The van der Waals surface area contributed by atoms with E-state index in [1.807, 2.05) is 6.92 Å². The summed E-state index contributed by atoms with van der Waals surface area (Å²) in [6.45, 7) is 2.69. The van der Waals surface area contributed by atoms with E-state index in [1.54, 1.807) is 19.0 Å². The Morgan fingerprint density at radius 2 is 2.05 bits per heavy atom. The highest BCUT2D eigenvalue weighted by atomic mass is 32.1. The quantitative estimate of drug-likeness (QED) is 0.794. The van der Waals surface area contributed by atoms with Gasteiger partial charge in [-0.2, -0.15) is 4.37 Å². The van der Waals surface area contributed by atoms with Gasteiger partial charge >= 0.3 is 0 Å². The molecule has 19 heavy (non-hydrogen) atoms. The van der Waals surface area contributed by atoms with Gasteiger partial charge in [0.25, 0.3) is 5.91 Å². The van der Waals surface area contributed by atoms with Crippen molar-refractivity contribution < 1.29 is 9.59 Å². The summed E-state index contributed by atoms with van der Waals surface area (Å²) in [5.74, 6) is -0.149. The van der Waals surface area contributed by atoms with Crippen molar-refractivity contribution in [2.75, 3.05) is 44.9 Å². The number of nitrogens with two attached hydrogens (primary N) is 1. The maximum Gasteiger partial charge on any atom is 0.257 e. The van der Waals surface area contributed by atoms with E-state index in [0.29, 0.717) is 17.1 Å². The third kappa shape index (κ3) is 3.34. The van der Waals surface area contributed by atoms with Crippen molar-refractivity contribution >= 4 is 34.2 Å². The van der Waals surface area contributed by atoms with Crippen LogP contribution in [0.5, 0.6) is 0 Å². The minimum Gasteiger partial charge on any atom is -0.382 e. The van der Waals surface area contributed by atoms with Crippen LogP contribution in [0.1, 0.15) is 17.3 Å². The van der Waals surface area contributed by atoms with E-state index in [1.165, 1.54) is 11.9 Å². The fraction of sp³-hybridized carbons (Fsp3) is 0.545. The minimum absolute atomic E-state index is 0.0447. The first-order valence-corrected chi connectivity index (χ1v) is 6.62. The number of anilines is 2. The van der Waals surface area contributed by atoms with Gasteiger partial charge < -0.3 is 20.9 Å². The molecular weight excluding hydrogens is 266 g/mol. The molecular formula is C11H19N5O2S. The molecule has 0 atom stereocenters. The van der Waals surface area contributed by atoms with Gasteiger partial charge in [-0.25, -0.2) is 0 Å². The van der Waals surface area contributed by atoms with E-state index < -0.39 is 0 Å². The van der Waals surface area contributed by atoms with Gasteiger partial charge in [0, 0.05) is 27.7 Å². The van der Waals surface area contributed by atoms with E-state index in [-0.39, 0.29) is 24.2 Å². The van der Waals surface area contributed by atoms with Crippen LogP contribution in [0, 0.1) is 0 Å². The molecule has 0 saturated carbocycles. The van der Waals surface area contributed by atoms with Gasteiger partial charge in [-0.3, -0.25) is 9.59 Å². The second-order valence-corrected chi connectivity index (χ2v) is 4.88. The molecule has 0 bridgehead atoms. The average molecular weight is 285 g/mol. The lowest BCUT2D eigenvalue weighted by molar-refractivity contribution is -0.127. The number of hydrogen-bond acceptors (Lipinski definition) is 6. The Labute approximate surface area is 116 Å². The Kier molecular flexibility index (Phi) is 5.11. The lowest BCUT2D eigenvalue weighted by atomic mass is 10.2. The van der Waals surface area contributed by atoms with Gasteiger partial charge in [-0.1, -0.05) is 0 Å². The first-order chi connectivity index (χ1) is 8.92. The number of nitrogens with zero attached hydrogens (tertiary/aromatic N) is 3. The minimum atomic E-state index is -0.294. The lowest BCUT2D eigenvalue weighted by Gasteiger charge is -2.23. The van der Waals surface area contributed by atoms with E-state index in [0.717, 1.165) is 11.5 Å². The van der Waals surface area contributed by atoms with Crippen LogP contribution >= 0.6 is 11.5 Å². The molecule has 0 unspecified atom stereocenters. The van der Waals surface area contributed by atoms with Crippen molar-refractivity contribution in [1.29, 1.82) is 0 Å². The fourth-order valence-electron chi connectivity index (χ4n) is 1.48. The standard InChI is InChI=1S/C11H19N5O2S/c1-5-16(6-7(17)15(3)4)11-8(10(18)13-2)9(12)14-19-11/h5-6H2,1-4H3,(H2,12,14)(H,13,18). The van der Waals surface area contributed by atoms with Crippen molar-refractivity contribution in [2.24, 2.45) is 0 Å². The highest BCUT2D eigenvalue weighted by molar-refractivity contribution is 7.11. The number of amides is 2. The molecule has 2 amide bonds. The molecule has 1 heterocycles. The number of nitrogens with one attached hydrogen (secondary N) is 1. The maximum absolute atomic E-state index is 11.8. The van der Waals surface area contributed by atoms with Crippen molar-refractivity contribution in [3.63, 3.8) is 0 Å². The van der Waals surface area contributed by atoms with Crippen molar-refractivity contribution in [3.05, 3.63) is 5.56 Å². The van der Waals surface area contributed by atoms with Crippen LogP contribution in [-0.4, -0.2) is 55.3 Å². The number of aromatic nitrogens is 1. The summed E-state index contributed by atoms with van der Waals surface area (Å²) < 4.78 is 4.00. The Hall–Kier alpha value is -1.83. The molecule has 0 aliphatic rings. The first kappa shape index (κ1) is 15.2. The molecule has 3 N–H and O–H groups in total. The van der Waals surface area contributed by atoms with E-state index >= 15 is 0 Å². The smallest absolute Gasteiger partial charge is 0.257 e. The Morgan fingerprint density at radius 3 is 2.53 bits per heavy atom. The van der Waals surface area contributed by atoms with Gasteiger partial charge in [-0.05, 0) is 18.5 Å². The van der Waals surface area contributed by atoms with Crippen LogP contribution in [0.15, 0.2) is 0 Å². The highest BCUT2D eigenvalue weighted by Gasteiger charge is 2.23. The Bertz CT molecular complexity index is 472. The van der Waals surface area contributed by atoms with Crippen LogP contribution < -0.4 is 16.0 Å². The van der Waals surface area contributed by atoms with Crippen LogP contribution in [0.25, 0.3) is 0 Å². The fourth-order valence-corrected chi connectivity index (χ4v) is 2.35. The number of hydrogen-bond donors (Lipinski definition) is 2. The zero-order chi connectivity index (χ0) is 14.6. The monoisotopic (exact) mass is 285 g/mol. The van der Waals surface area contributed by atoms with Gasteiger partial charge in [0.1, 0.15) is 10.6 Å². The SMILES string of the molecule is CCN(CC(=O)N(C)C)c1snc(N)c1C(=O)NC. The van der Waals surface area contributed by atoms with Crippen LogP contribution in [0.4, 0.5) is 10.8 Å². The molecule has 0 spiro atoms. The Morgan fingerprint density at radius 1 is 1.42 bits per heavy atom. The molecule has 0 aliphatic heterocycles. The number of carbonyl (C=O) groups is 2. The molecule has 0 aromatic carbocycles. The van der Waals surface area contributed by atoms with Gasteiger partial charge in [0.2, 0.25) is 5.91 Å². The molecule has 0 fully saturated rings. The molecule has 0 saturated heterocycles. The molecule has 7 nitrogen and oxygen atoms in total. The van der Waals surface area contributed by atoms with Crippen LogP contribution in [0.2, 0.25) is 0 Å². The summed E-state index contributed by atoms with van der Waals surface area (Å²) in [5, 5.41) is 3.15. The number of carbonyl (C=O) groups excluding carboxylic acids is 2. The van der Waals surface area contributed by atoms with Crippen molar-refractivity contribution in [1.82, 2.24) is 14.6 Å². The molecule has 8 heteroatoms. The van der Waals surface area contributed by atoms with Gasteiger partial charge in [-0.15, -0.1) is 0 Å². The summed E-state index contributed by atoms with van der Waals surface area (Å²) in [4.78, 5) is 26.9. The normalized spacial score (nSPS) is 10.1.